The van der Waals surface area contributed by atoms with Gasteiger partial charge < -0.3 is 16.8 Å². The van der Waals surface area contributed by atoms with Crippen molar-refractivity contribution in [1.29, 1.82) is 0 Å². The predicted octanol–water partition coefficient (Wildman–Crippen LogP) is 2.93. The molecule has 0 aliphatic rings. The monoisotopic (exact) mass is 225 g/mol. The van der Waals surface area contributed by atoms with Crippen molar-refractivity contribution in [1.82, 2.24) is 0 Å². The standard InChI is InChI=1S/C14H15N3/c1-10(13-4-2-3-5-14(13)16)17-12-8-6-11(15)7-9-12/h2-9,17H,1,15-16H2. The summed E-state index contributed by atoms with van der Waals surface area (Å²) in [6.07, 6.45) is 0. The molecule has 0 amide bonds. The summed E-state index contributed by atoms with van der Waals surface area (Å²) in [5, 5.41) is 3.20. The first-order valence-corrected chi connectivity index (χ1v) is 5.33. The minimum atomic E-state index is 0.709. The molecule has 2 rings (SSSR count). The van der Waals surface area contributed by atoms with E-state index in [0.717, 1.165) is 22.6 Å². The first-order chi connectivity index (χ1) is 8.16. The van der Waals surface area contributed by atoms with Crippen LogP contribution in [0.2, 0.25) is 0 Å². The maximum absolute atomic E-state index is 5.88. The van der Waals surface area contributed by atoms with Gasteiger partial charge in [0.15, 0.2) is 0 Å². The van der Waals surface area contributed by atoms with Crippen LogP contribution in [0.1, 0.15) is 5.56 Å². The molecule has 0 aromatic heterocycles. The molecule has 0 radical (unpaired) electrons. The number of hydrogen-bond acceptors (Lipinski definition) is 3. The molecular weight excluding hydrogens is 210 g/mol. The first kappa shape index (κ1) is 11.1. The van der Waals surface area contributed by atoms with Gasteiger partial charge in [-0.3, -0.25) is 0 Å². The van der Waals surface area contributed by atoms with Gasteiger partial charge in [0, 0.05) is 28.3 Å². The molecular formula is C14H15N3. The lowest BCUT2D eigenvalue weighted by Gasteiger charge is -2.11. The largest absolute Gasteiger partial charge is 0.399 e. The van der Waals surface area contributed by atoms with Crippen molar-refractivity contribution < 1.29 is 0 Å². The van der Waals surface area contributed by atoms with Crippen molar-refractivity contribution >= 4 is 22.8 Å². The second-order valence-corrected chi connectivity index (χ2v) is 3.81. The van der Waals surface area contributed by atoms with Gasteiger partial charge in [-0.25, -0.2) is 0 Å². The van der Waals surface area contributed by atoms with Crippen LogP contribution in [0.25, 0.3) is 5.70 Å². The molecule has 0 atom stereocenters. The number of benzene rings is 2. The minimum absolute atomic E-state index is 0.709. The normalized spacial score (nSPS) is 9.88. The summed E-state index contributed by atoms with van der Waals surface area (Å²) in [5.41, 5.74) is 15.6. The van der Waals surface area contributed by atoms with Crippen LogP contribution in [0, 0.1) is 0 Å². The zero-order valence-corrected chi connectivity index (χ0v) is 9.48. The van der Waals surface area contributed by atoms with E-state index in [1.807, 2.05) is 48.5 Å². The Morgan fingerprint density at radius 2 is 1.59 bits per heavy atom. The van der Waals surface area contributed by atoms with Gasteiger partial charge in [0.2, 0.25) is 0 Å². The molecule has 3 heteroatoms. The third-order valence-corrected chi connectivity index (χ3v) is 2.49. The molecule has 86 valence electrons. The summed E-state index contributed by atoms with van der Waals surface area (Å²) in [7, 11) is 0. The molecule has 17 heavy (non-hydrogen) atoms. The van der Waals surface area contributed by atoms with Crippen LogP contribution in [0.3, 0.4) is 0 Å². The van der Waals surface area contributed by atoms with Gasteiger partial charge in [-0.15, -0.1) is 0 Å². The lowest BCUT2D eigenvalue weighted by molar-refractivity contribution is 1.54. The quantitative estimate of drug-likeness (QED) is 0.704. The van der Waals surface area contributed by atoms with E-state index in [0.29, 0.717) is 5.69 Å². The molecule has 0 saturated carbocycles. The maximum atomic E-state index is 5.88. The Labute approximate surface area is 101 Å². The fourth-order valence-corrected chi connectivity index (χ4v) is 1.58. The van der Waals surface area contributed by atoms with Crippen molar-refractivity contribution in [3.63, 3.8) is 0 Å². The second-order valence-electron chi connectivity index (χ2n) is 3.81. The lowest BCUT2D eigenvalue weighted by Crippen LogP contribution is -2.00. The van der Waals surface area contributed by atoms with E-state index < -0.39 is 0 Å². The van der Waals surface area contributed by atoms with E-state index in [4.69, 9.17) is 11.5 Å². The van der Waals surface area contributed by atoms with E-state index in [1.54, 1.807) is 0 Å². The third kappa shape index (κ3) is 2.58. The van der Waals surface area contributed by atoms with Crippen molar-refractivity contribution in [2.75, 3.05) is 16.8 Å². The first-order valence-electron chi connectivity index (χ1n) is 5.33. The highest BCUT2D eigenvalue weighted by molar-refractivity contribution is 5.81. The molecule has 0 heterocycles. The highest BCUT2D eigenvalue weighted by Crippen LogP contribution is 2.22. The fourth-order valence-electron chi connectivity index (χ4n) is 1.58. The lowest BCUT2D eigenvalue weighted by atomic mass is 10.1. The van der Waals surface area contributed by atoms with Crippen molar-refractivity contribution in [3.8, 4) is 0 Å². The highest BCUT2D eigenvalue weighted by Gasteiger charge is 2.02. The highest BCUT2D eigenvalue weighted by atomic mass is 14.9. The average Bonchev–Trinajstić information content (AvgIpc) is 2.32. The van der Waals surface area contributed by atoms with E-state index in [-0.39, 0.29) is 0 Å². The molecule has 2 aromatic carbocycles. The molecule has 0 unspecified atom stereocenters. The Kier molecular flexibility index (Phi) is 3.01. The Balaban J connectivity index is 2.17. The average molecular weight is 225 g/mol. The summed E-state index contributed by atoms with van der Waals surface area (Å²) in [6.45, 7) is 3.98. The zero-order valence-electron chi connectivity index (χ0n) is 9.48. The third-order valence-electron chi connectivity index (χ3n) is 2.49. The van der Waals surface area contributed by atoms with Gasteiger partial charge in [-0.1, -0.05) is 24.8 Å². The Morgan fingerprint density at radius 1 is 0.941 bits per heavy atom. The number of nitrogens with one attached hydrogen (secondary N) is 1. The topological polar surface area (TPSA) is 64.1 Å². The number of hydrogen-bond donors (Lipinski definition) is 3. The van der Waals surface area contributed by atoms with Gasteiger partial charge in [0.05, 0.1) is 0 Å². The predicted molar refractivity (Wildman–Crippen MR) is 74.4 cm³/mol. The number of para-hydroxylation sites is 1. The van der Waals surface area contributed by atoms with Crippen LogP contribution in [0.5, 0.6) is 0 Å². The van der Waals surface area contributed by atoms with E-state index >= 15 is 0 Å². The molecule has 0 aliphatic carbocycles. The molecule has 3 nitrogen and oxygen atoms in total. The van der Waals surface area contributed by atoms with Crippen LogP contribution >= 0.6 is 0 Å². The van der Waals surface area contributed by atoms with E-state index in [1.165, 1.54) is 0 Å². The molecule has 0 saturated heterocycles. The second kappa shape index (κ2) is 4.61. The minimum Gasteiger partial charge on any atom is -0.399 e. The van der Waals surface area contributed by atoms with Crippen LogP contribution in [-0.4, -0.2) is 0 Å². The number of anilines is 3. The molecule has 0 aliphatic heterocycles. The Hall–Kier alpha value is -2.42. The van der Waals surface area contributed by atoms with Crippen LogP contribution in [-0.2, 0) is 0 Å². The summed E-state index contributed by atoms with van der Waals surface area (Å²) in [5.74, 6) is 0. The Bertz CT molecular complexity index is 529. The zero-order chi connectivity index (χ0) is 12.3. The molecule has 0 bridgehead atoms. The van der Waals surface area contributed by atoms with E-state index in [2.05, 4.69) is 11.9 Å². The van der Waals surface area contributed by atoms with Gasteiger partial charge in [-0.05, 0) is 30.3 Å². The maximum Gasteiger partial charge on any atom is 0.0408 e. The molecule has 0 spiro atoms. The summed E-state index contributed by atoms with van der Waals surface area (Å²) in [4.78, 5) is 0. The fraction of sp³-hybridized carbons (Fsp3) is 0. The summed E-state index contributed by atoms with van der Waals surface area (Å²) < 4.78 is 0. The SMILES string of the molecule is C=C(Nc1ccc(N)cc1)c1ccccc1N. The number of rotatable bonds is 3. The molecule has 2 aromatic rings. The van der Waals surface area contributed by atoms with E-state index in [9.17, 15) is 0 Å². The molecule has 0 fully saturated rings. The van der Waals surface area contributed by atoms with Gasteiger partial charge in [0.25, 0.3) is 0 Å². The smallest absolute Gasteiger partial charge is 0.0408 e. The number of nitrogen functional groups attached to an aromatic ring is 2. The van der Waals surface area contributed by atoms with Crippen LogP contribution < -0.4 is 16.8 Å². The van der Waals surface area contributed by atoms with Crippen molar-refractivity contribution in [2.24, 2.45) is 0 Å². The van der Waals surface area contributed by atoms with Gasteiger partial charge >= 0.3 is 0 Å². The van der Waals surface area contributed by atoms with Gasteiger partial charge in [0.1, 0.15) is 0 Å². The van der Waals surface area contributed by atoms with Crippen LogP contribution in [0.4, 0.5) is 17.1 Å². The van der Waals surface area contributed by atoms with Crippen molar-refractivity contribution in [3.05, 3.63) is 60.7 Å². The summed E-state index contributed by atoms with van der Waals surface area (Å²) in [6, 6.07) is 15.1. The summed E-state index contributed by atoms with van der Waals surface area (Å²) >= 11 is 0. The van der Waals surface area contributed by atoms with Gasteiger partial charge in [-0.2, -0.15) is 0 Å². The molecule has 5 N–H and O–H groups in total. The van der Waals surface area contributed by atoms with Crippen LogP contribution in [0.15, 0.2) is 55.1 Å². The Morgan fingerprint density at radius 3 is 2.24 bits per heavy atom. The number of nitrogens with two attached hydrogens (primary N) is 2. The van der Waals surface area contributed by atoms with Crippen molar-refractivity contribution in [2.45, 2.75) is 0 Å².